The summed E-state index contributed by atoms with van der Waals surface area (Å²) in [5.41, 5.74) is 8.35. The molecule has 0 aliphatic carbocycles. The van der Waals surface area contributed by atoms with Crippen LogP contribution in [0.3, 0.4) is 0 Å². The van der Waals surface area contributed by atoms with Gasteiger partial charge in [-0.1, -0.05) is 11.8 Å². The minimum atomic E-state index is -0.210. The van der Waals surface area contributed by atoms with Gasteiger partial charge in [-0.15, -0.1) is 0 Å². The summed E-state index contributed by atoms with van der Waals surface area (Å²) in [4.78, 5) is 0.983. The van der Waals surface area contributed by atoms with Gasteiger partial charge in [-0.05, 0) is 50.1 Å². The first-order valence-corrected chi connectivity index (χ1v) is 6.94. The third-order valence-electron chi connectivity index (χ3n) is 2.96. The summed E-state index contributed by atoms with van der Waals surface area (Å²) >= 11 is 1.57. The lowest BCUT2D eigenvalue weighted by molar-refractivity contribution is 0.610. The molecule has 19 heavy (non-hydrogen) atoms. The van der Waals surface area contributed by atoms with E-state index in [0.717, 1.165) is 21.2 Å². The van der Waals surface area contributed by atoms with Crippen LogP contribution in [0.2, 0.25) is 0 Å². The summed E-state index contributed by atoms with van der Waals surface area (Å²) in [7, 11) is 1.90. The molecule has 3 nitrogen and oxygen atoms in total. The monoisotopic (exact) mass is 279 g/mol. The van der Waals surface area contributed by atoms with Crippen LogP contribution in [0, 0.1) is 19.7 Å². The van der Waals surface area contributed by atoms with Crippen molar-refractivity contribution in [1.82, 2.24) is 9.78 Å². The van der Waals surface area contributed by atoms with E-state index in [0.29, 0.717) is 5.56 Å². The van der Waals surface area contributed by atoms with Crippen LogP contribution in [-0.4, -0.2) is 9.78 Å². The Hall–Kier alpha value is -1.33. The van der Waals surface area contributed by atoms with Gasteiger partial charge in [-0.3, -0.25) is 4.68 Å². The summed E-state index contributed by atoms with van der Waals surface area (Å²) in [5.74, 6) is -0.210. The van der Waals surface area contributed by atoms with Gasteiger partial charge < -0.3 is 5.73 Å². The second kappa shape index (κ2) is 5.35. The molecule has 0 saturated heterocycles. The van der Waals surface area contributed by atoms with Crippen LogP contribution in [0.5, 0.6) is 0 Å². The van der Waals surface area contributed by atoms with Gasteiger partial charge in [0.05, 0.1) is 10.7 Å². The minimum absolute atomic E-state index is 0.202. The van der Waals surface area contributed by atoms with E-state index in [9.17, 15) is 4.39 Å². The van der Waals surface area contributed by atoms with Crippen molar-refractivity contribution in [3.8, 4) is 0 Å². The normalized spacial score (nSPS) is 12.7. The lowest BCUT2D eigenvalue weighted by Gasteiger charge is -2.14. The smallest absolute Gasteiger partial charge is 0.126 e. The zero-order valence-electron chi connectivity index (χ0n) is 11.6. The van der Waals surface area contributed by atoms with Crippen LogP contribution >= 0.6 is 11.8 Å². The SMILES string of the molecule is Cc1cc(Sc2cc(C)c(F)cc2[C@@H](C)N)n(C)n1. The highest BCUT2D eigenvalue weighted by atomic mass is 32.2. The average Bonchev–Trinajstić information content (AvgIpc) is 2.62. The molecule has 0 radical (unpaired) electrons. The fourth-order valence-corrected chi connectivity index (χ4v) is 3.14. The van der Waals surface area contributed by atoms with E-state index in [-0.39, 0.29) is 11.9 Å². The van der Waals surface area contributed by atoms with Gasteiger partial charge in [-0.25, -0.2) is 4.39 Å². The molecular formula is C14H18FN3S. The largest absolute Gasteiger partial charge is 0.324 e. The molecule has 2 N–H and O–H groups in total. The molecule has 2 aromatic rings. The maximum atomic E-state index is 13.7. The van der Waals surface area contributed by atoms with Crippen LogP contribution < -0.4 is 5.73 Å². The molecule has 0 saturated carbocycles. The summed E-state index contributed by atoms with van der Waals surface area (Å²) in [5, 5.41) is 5.33. The molecule has 0 amide bonds. The fourth-order valence-electron chi connectivity index (χ4n) is 1.91. The van der Waals surface area contributed by atoms with Crippen LogP contribution in [0.25, 0.3) is 0 Å². The lowest BCUT2D eigenvalue weighted by Crippen LogP contribution is -2.07. The molecule has 1 heterocycles. The molecule has 1 atom stereocenters. The summed E-state index contributed by atoms with van der Waals surface area (Å²) in [6, 6.07) is 5.19. The Morgan fingerprint density at radius 3 is 2.53 bits per heavy atom. The lowest BCUT2D eigenvalue weighted by atomic mass is 10.1. The number of hydrogen-bond donors (Lipinski definition) is 1. The molecule has 1 aromatic heterocycles. The molecule has 0 bridgehead atoms. The van der Waals surface area contributed by atoms with E-state index in [1.807, 2.05) is 37.7 Å². The van der Waals surface area contributed by atoms with Crippen LogP contribution in [0.15, 0.2) is 28.1 Å². The van der Waals surface area contributed by atoms with Crippen molar-refractivity contribution in [2.75, 3.05) is 0 Å². The van der Waals surface area contributed by atoms with Gasteiger partial charge in [0.2, 0.25) is 0 Å². The number of benzene rings is 1. The zero-order valence-corrected chi connectivity index (χ0v) is 12.4. The van der Waals surface area contributed by atoms with Gasteiger partial charge in [0.15, 0.2) is 0 Å². The predicted octanol–water partition coefficient (Wildman–Crippen LogP) is 3.35. The van der Waals surface area contributed by atoms with E-state index < -0.39 is 0 Å². The summed E-state index contributed by atoms with van der Waals surface area (Å²) in [6.45, 7) is 5.58. The Kier molecular flexibility index (Phi) is 3.96. The van der Waals surface area contributed by atoms with Crippen molar-refractivity contribution in [3.63, 3.8) is 0 Å². The summed E-state index contributed by atoms with van der Waals surface area (Å²) < 4.78 is 15.5. The molecule has 0 unspecified atom stereocenters. The molecule has 0 aliphatic rings. The highest BCUT2D eigenvalue weighted by molar-refractivity contribution is 7.99. The zero-order chi connectivity index (χ0) is 14.2. The maximum Gasteiger partial charge on any atom is 0.126 e. The third kappa shape index (κ3) is 2.98. The average molecular weight is 279 g/mol. The summed E-state index contributed by atoms with van der Waals surface area (Å²) in [6.07, 6.45) is 0. The van der Waals surface area contributed by atoms with Gasteiger partial charge in [0.1, 0.15) is 5.82 Å². The fraction of sp³-hybridized carbons (Fsp3) is 0.357. The number of hydrogen-bond acceptors (Lipinski definition) is 3. The molecule has 0 aliphatic heterocycles. The molecular weight excluding hydrogens is 261 g/mol. The first-order chi connectivity index (χ1) is 8.88. The molecule has 0 fully saturated rings. The maximum absolute atomic E-state index is 13.7. The minimum Gasteiger partial charge on any atom is -0.324 e. The van der Waals surface area contributed by atoms with Gasteiger partial charge in [0.25, 0.3) is 0 Å². The third-order valence-corrected chi connectivity index (χ3v) is 4.12. The Morgan fingerprint density at radius 1 is 1.32 bits per heavy atom. The Balaban J connectivity index is 2.44. The molecule has 102 valence electrons. The quantitative estimate of drug-likeness (QED) is 0.937. The number of aromatic nitrogens is 2. The first kappa shape index (κ1) is 14.1. The van der Waals surface area contributed by atoms with Crippen molar-refractivity contribution in [1.29, 1.82) is 0 Å². The Morgan fingerprint density at radius 2 is 2.00 bits per heavy atom. The van der Waals surface area contributed by atoms with Crippen molar-refractivity contribution >= 4 is 11.8 Å². The predicted molar refractivity (Wildman–Crippen MR) is 75.8 cm³/mol. The van der Waals surface area contributed by atoms with Gasteiger partial charge >= 0.3 is 0 Å². The molecule has 1 aromatic carbocycles. The van der Waals surface area contributed by atoms with Crippen molar-refractivity contribution in [2.24, 2.45) is 12.8 Å². The van der Waals surface area contributed by atoms with Crippen molar-refractivity contribution in [3.05, 3.63) is 40.8 Å². The topological polar surface area (TPSA) is 43.8 Å². The van der Waals surface area contributed by atoms with E-state index >= 15 is 0 Å². The Bertz CT molecular complexity index is 605. The van der Waals surface area contributed by atoms with Crippen molar-refractivity contribution < 1.29 is 4.39 Å². The first-order valence-electron chi connectivity index (χ1n) is 6.12. The van der Waals surface area contributed by atoms with E-state index in [1.165, 1.54) is 6.07 Å². The van der Waals surface area contributed by atoms with Crippen LogP contribution in [0.1, 0.15) is 29.8 Å². The number of aryl methyl sites for hydroxylation is 3. The number of rotatable bonds is 3. The highest BCUT2D eigenvalue weighted by Crippen LogP contribution is 2.34. The van der Waals surface area contributed by atoms with E-state index in [4.69, 9.17) is 5.73 Å². The Labute approximate surface area is 117 Å². The second-order valence-corrected chi connectivity index (χ2v) is 5.84. The van der Waals surface area contributed by atoms with Crippen LogP contribution in [-0.2, 0) is 7.05 Å². The van der Waals surface area contributed by atoms with E-state index in [1.54, 1.807) is 18.7 Å². The second-order valence-electron chi connectivity index (χ2n) is 4.78. The highest BCUT2D eigenvalue weighted by Gasteiger charge is 2.14. The van der Waals surface area contributed by atoms with Gasteiger partial charge in [0, 0.05) is 18.0 Å². The molecule has 5 heteroatoms. The number of halogens is 1. The molecule has 2 rings (SSSR count). The van der Waals surface area contributed by atoms with Crippen molar-refractivity contribution in [2.45, 2.75) is 36.7 Å². The van der Waals surface area contributed by atoms with E-state index in [2.05, 4.69) is 5.10 Å². The van der Waals surface area contributed by atoms with Crippen LogP contribution in [0.4, 0.5) is 4.39 Å². The van der Waals surface area contributed by atoms with Gasteiger partial charge in [-0.2, -0.15) is 5.10 Å². The molecule has 0 spiro atoms. The number of nitrogens with two attached hydrogens (primary N) is 1. The standard InChI is InChI=1S/C14H18FN3S/c1-8-5-13(11(10(3)16)7-12(8)15)19-14-6-9(2)17-18(14)4/h5-7,10H,16H2,1-4H3/t10-/m1/s1. The number of nitrogens with zero attached hydrogens (tertiary/aromatic N) is 2.